The second kappa shape index (κ2) is 7.31. The van der Waals surface area contributed by atoms with Gasteiger partial charge in [0.1, 0.15) is 12.1 Å². The Morgan fingerprint density at radius 1 is 1.04 bits per heavy atom. The first-order chi connectivity index (χ1) is 11.6. The molecule has 1 N–H and O–H groups in total. The fraction of sp³-hybridized carbons (Fsp3) is 0.0556. The number of carbonyl (C=O) groups excluding carboxylic acids is 1. The summed E-state index contributed by atoms with van der Waals surface area (Å²) >= 11 is 3.33. The molecule has 0 spiro atoms. The molecule has 0 bridgehead atoms. The van der Waals surface area contributed by atoms with E-state index >= 15 is 0 Å². The van der Waals surface area contributed by atoms with Crippen LogP contribution in [0.25, 0.3) is 11.3 Å². The van der Waals surface area contributed by atoms with Gasteiger partial charge in [-0.1, -0.05) is 15.9 Å². The molecule has 0 fully saturated rings. The van der Waals surface area contributed by atoms with Crippen molar-refractivity contribution in [1.82, 2.24) is 15.3 Å². The van der Waals surface area contributed by atoms with E-state index in [1.807, 2.05) is 12.1 Å². The van der Waals surface area contributed by atoms with E-state index in [4.69, 9.17) is 0 Å². The Morgan fingerprint density at radius 2 is 1.75 bits per heavy atom. The lowest BCUT2D eigenvalue weighted by Gasteiger charge is -2.07. The molecular weight excluding hydrogens is 373 g/mol. The zero-order valence-corrected chi connectivity index (χ0v) is 14.1. The predicted molar refractivity (Wildman–Crippen MR) is 92.7 cm³/mol. The zero-order valence-electron chi connectivity index (χ0n) is 12.5. The molecule has 3 aromatic rings. The van der Waals surface area contributed by atoms with Gasteiger partial charge in [-0.2, -0.15) is 0 Å². The number of rotatable bonds is 4. The van der Waals surface area contributed by atoms with Gasteiger partial charge in [0.2, 0.25) is 0 Å². The quantitative estimate of drug-likeness (QED) is 0.738. The highest BCUT2D eigenvalue weighted by Gasteiger charge is 2.07. The monoisotopic (exact) mass is 385 g/mol. The van der Waals surface area contributed by atoms with Gasteiger partial charge in [0.25, 0.3) is 5.91 Å². The van der Waals surface area contributed by atoms with Crippen LogP contribution >= 0.6 is 15.9 Å². The molecule has 0 atom stereocenters. The minimum atomic E-state index is -0.296. The van der Waals surface area contributed by atoms with Crippen molar-refractivity contribution in [2.45, 2.75) is 6.54 Å². The second-order valence-electron chi connectivity index (χ2n) is 5.09. The maximum absolute atomic E-state index is 13.0. The molecule has 0 aliphatic heterocycles. The van der Waals surface area contributed by atoms with Crippen LogP contribution in [0.1, 0.15) is 16.1 Å². The molecule has 2 aromatic carbocycles. The molecule has 0 aliphatic rings. The van der Waals surface area contributed by atoms with E-state index in [2.05, 4.69) is 31.2 Å². The van der Waals surface area contributed by atoms with Crippen LogP contribution in [0.4, 0.5) is 4.39 Å². The number of nitrogens with one attached hydrogen (secondary N) is 1. The molecular formula is C18H13BrFN3O. The third-order valence-corrected chi connectivity index (χ3v) is 3.93. The Bertz CT molecular complexity index is 851. The number of amides is 1. The number of aromatic nitrogens is 2. The smallest absolute Gasteiger partial charge is 0.251 e. The van der Waals surface area contributed by atoms with Gasteiger partial charge in [-0.05, 0) is 54.6 Å². The summed E-state index contributed by atoms with van der Waals surface area (Å²) in [5, 5.41) is 2.82. The first-order valence-corrected chi connectivity index (χ1v) is 8.02. The summed E-state index contributed by atoms with van der Waals surface area (Å²) < 4.78 is 13.9. The van der Waals surface area contributed by atoms with E-state index in [1.54, 1.807) is 30.3 Å². The highest BCUT2D eigenvalue weighted by molar-refractivity contribution is 9.10. The van der Waals surface area contributed by atoms with Gasteiger partial charge in [-0.25, -0.2) is 14.4 Å². The van der Waals surface area contributed by atoms with E-state index in [-0.39, 0.29) is 18.3 Å². The Morgan fingerprint density at radius 3 is 2.46 bits per heavy atom. The fourth-order valence-corrected chi connectivity index (χ4v) is 2.41. The van der Waals surface area contributed by atoms with Crippen LogP contribution in [0.15, 0.2) is 65.4 Å². The van der Waals surface area contributed by atoms with Crippen LogP contribution in [0.3, 0.4) is 0 Å². The van der Waals surface area contributed by atoms with Crippen LogP contribution in [-0.2, 0) is 6.54 Å². The van der Waals surface area contributed by atoms with Crippen LogP contribution in [0.2, 0.25) is 0 Å². The maximum Gasteiger partial charge on any atom is 0.251 e. The molecule has 4 nitrogen and oxygen atoms in total. The minimum absolute atomic E-state index is 0.176. The summed E-state index contributed by atoms with van der Waals surface area (Å²) in [4.78, 5) is 20.4. The molecule has 0 radical (unpaired) electrons. The largest absolute Gasteiger partial charge is 0.346 e. The molecule has 1 aromatic heterocycles. The lowest BCUT2D eigenvalue weighted by atomic mass is 10.1. The van der Waals surface area contributed by atoms with Gasteiger partial charge in [0.15, 0.2) is 0 Å². The van der Waals surface area contributed by atoms with Gasteiger partial charge in [-0.15, -0.1) is 0 Å². The Balaban J connectivity index is 1.69. The molecule has 0 saturated carbocycles. The van der Waals surface area contributed by atoms with Crippen molar-refractivity contribution in [3.8, 4) is 11.3 Å². The molecule has 3 rings (SSSR count). The minimum Gasteiger partial charge on any atom is -0.346 e. The molecule has 1 amide bonds. The molecule has 0 saturated heterocycles. The molecule has 120 valence electrons. The van der Waals surface area contributed by atoms with Gasteiger partial charge >= 0.3 is 0 Å². The van der Waals surface area contributed by atoms with Crippen molar-refractivity contribution in [2.24, 2.45) is 0 Å². The molecule has 0 aliphatic carbocycles. The summed E-state index contributed by atoms with van der Waals surface area (Å²) in [5.41, 5.74) is 2.72. The van der Waals surface area contributed by atoms with Crippen LogP contribution in [0, 0.1) is 5.82 Å². The number of carbonyl (C=O) groups is 1. The van der Waals surface area contributed by atoms with Crippen LogP contribution < -0.4 is 5.32 Å². The first kappa shape index (κ1) is 16.3. The highest BCUT2D eigenvalue weighted by atomic mass is 79.9. The summed E-state index contributed by atoms with van der Waals surface area (Å²) in [6.45, 7) is 0.283. The van der Waals surface area contributed by atoms with Gasteiger partial charge in [0.05, 0.1) is 17.9 Å². The highest BCUT2D eigenvalue weighted by Crippen LogP contribution is 2.17. The number of hydrogen-bond donors (Lipinski definition) is 1. The average molecular weight is 386 g/mol. The van der Waals surface area contributed by atoms with Crippen molar-refractivity contribution in [3.63, 3.8) is 0 Å². The number of benzene rings is 2. The molecule has 1 heterocycles. The van der Waals surface area contributed by atoms with E-state index in [0.717, 1.165) is 10.0 Å². The fourth-order valence-electron chi connectivity index (χ4n) is 2.15. The molecule has 24 heavy (non-hydrogen) atoms. The van der Waals surface area contributed by atoms with Crippen molar-refractivity contribution >= 4 is 21.8 Å². The number of hydrogen-bond acceptors (Lipinski definition) is 3. The summed E-state index contributed by atoms with van der Waals surface area (Å²) in [6.07, 6.45) is 1.43. The van der Waals surface area contributed by atoms with Gasteiger partial charge < -0.3 is 5.32 Å². The van der Waals surface area contributed by atoms with E-state index in [9.17, 15) is 9.18 Å². The number of nitrogens with zero attached hydrogens (tertiary/aromatic N) is 2. The Labute approximate surface area is 146 Å². The molecule has 6 heteroatoms. The van der Waals surface area contributed by atoms with Crippen molar-refractivity contribution < 1.29 is 9.18 Å². The van der Waals surface area contributed by atoms with Crippen LogP contribution in [-0.4, -0.2) is 15.9 Å². The summed E-state index contributed by atoms with van der Waals surface area (Å²) in [6, 6.07) is 14.9. The Hall–Kier alpha value is -2.60. The van der Waals surface area contributed by atoms with Gasteiger partial charge in [0, 0.05) is 15.6 Å². The second-order valence-corrected chi connectivity index (χ2v) is 6.01. The zero-order chi connectivity index (χ0) is 16.9. The van der Waals surface area contributed by atoms with E-state index < -0.39 is 0 Å². The van der Waals surface area contributed by atoms with Crippen LogP contribution in [0.5, 0.6) is 0 Å². The average Bonchev–Trinajstić information content (AvgIpc) is 2.61. The normalized spacial score (nSPS) is 10.4. The third-order valence-electron chi connectivity index (χ3n) is 3.40. The summed E-state index contributed by atoms with van der Waals surface area (Å²) in [7, 11) is 0. The van der Waals surface area contributed by atoms with E-state index in [0.29, 0.717) is 17.0 Å². The maximum atomic E-state index is 13.0. The third kappa shape index (κ3) is 4.02. The SMILES string of the molecule is O=C(NCc1cc(-c2ccc(F)cc2)ncn1)c1ccc(Br)cc1. The van der Waals surface area contributed by atoms with Crippen molar-refractivity contribution in [1.29, 1.82) is 0 Å². The van der Waals surface area contributed by atoms with E-state index in [1.165, 1.54) is 18.5 Å². The molecule has 0 unspecified atom stereocenters. The van der Waals surface area contributed by atoms with Crippen molar-refractivity contribution in [3.05, 3.63) is 82.5 Å². The lowest BCUT2D eigenvalue weighted by molar-refractivity contribution is 0.0950. The Kier molecular flexibility index (Phi) is 4.96. The standard InChI is InChI=1S/C18H13BrFN3O/c19-14-5-1-13(2-6-14)18(24)21-10-16-9-17(23-11-22-16)12-3-7-15(20)8-4-12/h1-9,11H,10H2,(H,21,24). The number of halogens is 2. The summed E-state index contributed by atoms with van der Waals surface area (Å²) in [5.74, 6) is -0.473. The first-order valence-electron chi connectivity index (χ1n) is 7.22. The lowest BCUT2D eigenvalue weighted by Crippen LogP contribution is -2.23. The predicted octanol–water partition coefficient (Wildman–Crippen LogP) is 3.98. The van der Waals surface area contributed by atoms with Gasteiger partial charge in [-0.3, -0.25) is 4.79 Å². The van der Waals surface area contributed by atoms with Crippen molar-refractivity contribution in [2.75, 3.05) is 0 Å². The topological polar surface area (TPSA) is 54.9 Å².